The lowest BCUT2D eigenvalue weighted by Crippen LogP contribution is -2.45. The molecule has 28 heavy (non-hydrogen) atoms. The number of nitrogens with one attached hydrogen (secondary N) is 2. The molecule has 1 aromatic rings. The first kappa shape index (κ1) is 23.2. The molecule has 1 saturated heterocycles. The summed E-state index contributed by atoms with van der Waals surface area (Å²) in [6.07, 6.45) is 3.79. The molecule has 2 fully saturated rings. The van der Waals surface area contributed by atoms with Crippen molar-refractivity contribution in [1.82, 2.24) is 15.5 Å². The number of para-hydroxylation sites is 1. The summed E-state index contributed by atoms with van der Waals surface area (Å²) >= 11 is 0. The Bertz CT molecular complexity index is 581. The standard InChI is InChI=1S/C21H35N5O.HI/c1-3-22-21(23-12-14-25(15-16-27-2)20-9-10-20)24-18-11-13-26(17-18)19-7-5-4-6-8-19;/h4-8,18,20H,3,9-17H2,1-2H3,(H2,22,23,24);1H. The van der Waals surface area contributed by atoms with Crippen LogP contribution in [0.15, 0.2) is 35.3 Å². The molecule has 0 amide bonds. The van der Waals surface area contributed by atoms with Crippen molar-refractivity contribution in [2.24, 2.45) is 4.99 Å². The fraction of sp³-hybridized carbons (Fsp3) is 0.667. The van der Waals surface area contributed by atoms with Crippen LogP contribution >= 0.6 is 24.0 Å². The van der Waals surface area contributed by atoms with E-state index in [0.717, 1.165) is 64.3 Å². The molecule has 2 N–H and O–H groups in total. The van der Waals surface area contributed by atoms with E-state index in [0.29, 0.717) is 6.04 Å². The summed E-state index contributed by atoms with van der Waals surface area (Å²) < 4.78 is 5.24. The number of nitrogens with zero attached hydrogens (tertiary/aromatic N) is 3. The maximum Gasteiger partial charge on any atom is 0.191 e. The zero-order valence-corrected chi connectivity index (χ0v) is 19.6. The molecule has 3 rings (SSSR count). The van der Waals surface area contributed by atoms with Crippen LogP contribution < -0.4 is 15.5 Å². The molecule has 1 atom stereocenters. The van der Waals surface area contributed by atoms with E-state index in [1.165, 1.54) is 18.5 Å². The largest absolute Gasteiger partial charge is 0.383 e. The minimum atomic E-state index is 0. The van der Waals surface area contributed by atoms with E-state index in [9.17, 15) is 0 Å². The minimum absolute atomic E-state index is 0. The third-order valence-corrected chi connectivity index (χ3v) is 5.30. The van der Waals surface area contributed by atoms with Gasteiger partial charge in [0.2, 0.25) is 0 Å². The molecule has 1 unspecified atom stereocenters. The van der Waals surface area contributed by atoms with Gasteiger partial charge in [0.25, 0.3) is 0 Å². The maximum absolute atomic E-state index is 5.24. The topological polar surface area (TPSA) is 52.1 Å². The molecule has 0 spiro atoms. The van der Waals surface area contributed by atoms with Crippen molar-refractivity contribution in [2.75, 3.05) is 57.9 Å². The Hall–Kier alpha value is -1.06. The molecule has 158 valence electrons. The summed E-state index contributed by atoms with van der Waals surface area (Å²) in [5, 5.41) is 7.04. The Balaban J connectivity index is 0.00000280. The van der Waals surface area contributed by atoms with E-state index in [1.54, 1.807) is 7.11 Å². The summed E-state index contributed by atoms with van der Waals surface area (Å²) in [7, 11) is 1.77. The third kappa shape index (κ3) is 7.40. The van der Waals surface area contributed by atoms with Gasteiger partial charge in [0, 0.05) is 57.6 Å². The summed E-state index contributed by atoms with van der Waals surface area (Å²) in [5.41, 5.74) is 1.31. The molecule has 2 aliphatic rings. The SMILES string of the molecule is CCNC(=NCCN(CCOC)C1CC1)NC1CCN(c2ccccc2)C1.I. The zero-order chi connectivity index (χ0) is 18.9. The number of rotatable bonds is 10. The first-order valence-electron chi connectivity index (χ1n) is 10.4. The Kier molecular flexibility index (Phi) is 10.4. The minimum Gasteiger partial charge on any atom is -0.383 e. The first-order valence-corrected chi connectivity index (χ1v) is 10.4. The van der Waals surface area contributed by atoms with E-state index < -0.39 is 0 Å². The van der Waals surface area contributed by atoms with Crippen molar-refractivity contribution in [3.63, 3.8) is 0 Å². The molecule has 1 saturated carbocycles. The van der Waals surface area contributed by atoms with Gasteiger partial charge in [0.1, 0.15) is 0 Å². The van der Waals surface area contributed by atoms with E-state index in [4.69, 9.17) is 9.73 Å². The summed E-state index contributed by atoms with van der Waals surface area (Å²) in [5.74, 6) is 0.944. The highest BCUT2D eigenvalue weighted by atomic mass is 127. The molecule has 1 aliphatic heterocycles. The van der Waals surface area contributed by atoms with Crippen LogP contribution in [0.25, 0.3) is 0 Å². The number of hydrogen-bond donors (Lipinski definition) is 2. The lowest BCUT2D eigenvalue weighted by atomic mass is 10.3. The zero-order valence-electron chi connectivity index (χ0n) is 17.3. The lowest BCUT2D eigenvalue weighted by molar-refractivity contribution is 0.145. The highest BCUT2D eigenvalue weighted by Gasteiger charge is 2.28. The number of hydrogen-bond acceptors (Lipinski definition) is 4. The third-order valence-electron chi connectivity index (χ3n) is 5.30. The first-order chi connectivity index (χ1) is 13.3. The van der Waals surface area contributed by atoms with E-state index in [-0.39, 0.29) is 24.0 Å². The van der Waals surface area contributed by atoms with Gasteiger partial charge < -0.3 is 20.3 Å². The summed E-state index contributed by atoms with van der Waals surface area (Å²) in [6, 6.07) is 11.9. The predicted octanol–water partition coefficient (Wildman–Crippen LogP) is 2.55. The van der Waals surface area contributed by atoms with Gasteiger partial charge in [-0.3, -0.25) is 9.89 Å². The number of anilines is 1. The smallest absolute Gasteiger partial charge is 0.191 e. The Morgan fingerprint density at radius 1 is 1.21 bits per heavy atom. The quantitative estimate of drug-likeness (QED) is 0.293. The Morgan fingerprint density at radius 3 is 2.68 bits per heavy atom. The van der Waals surface area contributed by atoms with Gasteiger partial charge in [0.05, 0.1) is 13.2 Å². The van der Waals surface area contributed by atoms with Crippen molar-refractivity contribution in [3.8, 4) is 0 Å². The van der Waals surface area contributed by atoms with Crippen molar-refractivity contribution >= 4 is 35.6 Å². The number of guanidine groups is 1. The van der Waals surface area contributed by atoms with Crippen molar-refractivity contribution in [3.05, 3.63) is 30.3 Å². The maximum atomic E-state index is 5.24. The summed E-state index contributed by atoms with van der Waals surface area (Å²) in [6.45, 7) is 8.76. The average molecular weight is 501 g/mol. The van der Waals surface area contributed by atoms with Crippen molar-refractivity contribution < 1.29 is 4.74 Å². The molecule has 6 nitrogen and oxygen atoms in total. The second-order valence-corrected chi connectivity index (χ2v) is 7.43. The van der Waals surface area contributed by atoms with E-state index in [1.807, 2.05) is 0 Å². The highest BCUT2D eigenvalue weighted by molar-refractivity contribution is 14.0. The lowest BCUT2D eigenvalue weighted by Gasteiger charge is -2.22. The van der Waals surface area contributed by atoms with Gasteiger partial charge >= 0.3 is 0 Å². The predicted molar refractivity (Wildman–Crippen MR) is 128 cm³/mol. The Morgan fingerprint density at radius 2 is 2.00 bits per heavy atom. The second-order valence-electron chi connectivity index (χ2n) is 7.43. The van der Waals surface area contributed by atoms with Gasteiger partial charge in [-0.15, -0.1) is 24.0 Å². The number of aliphatic imine (C=N–C) groups is 1. The summed E-state index contributed by atoms with van der Waals surface area (Å²) in [4.78, 5) is 9.79. The number of ether oxygens (including phenoxy) is 1. The van der Waals surface area contributed by atoms with Crippen LogP contribution in [-0.4, -0.2) is 75.9 Å². The molecule has 0 bridgehead atoms. The van der Waals surface area contributed by atoms with Gasteiger partial charge in [-0.2, -0.15) is 0 Å². The molecular formula is C21H36IN5O. The van der Waals surface area contributed by atoms with Crippen molar-refractivity contribution in [2.45, 2.75) is 38.3 Å². The fourth-order valence-electron chi connectivity index (χ4n) is 3.68. The van der Waals surface area contributed by atoms with Gasteiger partial charge in [0.15, 0.2) is 5.96 Å². The van der Waals surface area contributed by atoms with Gasteiger partial charge in [-0.1, -0.05) is 18.2 Å². The monoisotopic (exact) mass is 501 g/mol. The van der Waals surface area contributed by atoms with Gasteiger partial charge in [-0.25, -0.2) is 0 Å². The second kappa shape index (κ2) is 12.5. The average Bonchev–Trinajstić information content (AvgIpc) is 3.43. The van der Waals surface area contributed by atoms with Crippen LogP contribution in [0.2, 0.25) is 0 Å². The van der Waals surface area contributed by atoms with Crippen LogP contribution in [0, 0.1) is 0 Å². The molecule has 1 aliphatic carbocycles. The van der Waals surface area contributed by atoms with Crippen LogP contribution in [0.3, 0.4) is 0 Å². The van der Waals surface area contributed by atoms with Crippen LogP contribution in [0.4, 0.5) is 5.69 Å². The van der Waals surface area contributed by atoms with Crippen LogP contribution in [0.1, 0.15) is 26.2 Å². The number of benzene rings is 1. The molecule has 0 radical (unpaired) electrons. The van der Waals surface area contributed by atoms with E-state index in [2.05, 4.69) is 57.7 Å². The van der Waals surface area contributed by atoms with Crippen molar-refractivity contribution in [1.29, 1.82) is 0 Å². The normalized spacial score (nSPS) is 19.6. The van der Waals surface area contributed by atoms with Gasteiger partial charge in [-0.05, 0) is 38.3 Å². The molecule has 7 heteroatoms. The number of halogens is 1. The number of methoxy groups -OCH3 is 1. The fourth-order valence-corrected chi connectivity index (χ4v) is 3.68. The molecule has 1 aromatic carbocycles. The molecule has 0 aromatic heterocycles. The Labute approximate surface area is 187 Å². The van der Waals surface area contributed by atoms with Crippen LogP contribution in [-0.2, 0) is 4.74 Å². The van der Waals surface area contributed by atoms with E-state index >= 15 is 0 Å². The van der Waals surface area contributed by atoms with Crippen LogP contribution in [0.5, 0.6) is 0 Å². The highest BCUT2D eigenvalue weighted by Crippen LogP contribution is 2.26. The molecular weight excluding hydrogens is 465 g/mol. The molecule has 1 heterocycles.